The minimum absolute atomic E-state index is 0.149. The molecule has 1 aliphatic rings. The molecule has 1 unspecified atom stereocenters. The van der Waals surface area contributed by atoms with E-state index in [0.29, 0.717) is 30.8 Å². The van der Waals surface area contributed by atoms with Crippen LogP contribution in [0.25, 0.3) is 0 Å². The number of hydrogen-bond donors (Lipinski definition) is 1. The van der Waals surface area contributed by atoms with Gasteiger partial charge < -0.3 is 15.0 Å². The summed E-state index contributed by atoms with van der Waals surface area (Å²) in [4.78, 5) is 27.8. The predicted octanol–water partition coefficient (Wildman–Crippen LogP) is 3.49. The second-order valence-corrected chi connectivity index (χ2v) is 7.66. The van der Waals surface area contributed by atoms with Gasteiger partial charge in [0.25, 0.3) is 5.91 Å². The third-order valence-electron chi connectivity index (χ3n) is 5.68. The summed E-state index contributed by atoms with van der Waals surface area (Å²) in [6.45, 7) is 3.05. The number of methoxy groups -OCH3 is 1. The zero-order valence-electron chi connectivity index (χ0n) is 17.7. The molecule has 2 amide bonds. The fourth-order valence-corrected chi connectivity index (χ4v) is 3.91. The molecule has 1 fully saturated rings. The van der Waals surface area contributed by atoms with Crippen LogP contribution in [-0.2, 0) is 11.3 Å². The van der Waals surface area contributed by atoms with Gasteiger partial charge in [0, 0.05) is 17.9 Å². The number of ether oxygens (including phenoxy) is 1. The monoisotopic (exact) mass is 418 g/mol. The van der Waals surface area contributed by atoms with E-state index in [-0.39, 0.29) is 11.8 Å². The van der Waals surface area contributed by atoms with E-state index < -0.39 is 6.04 Å². The number of rotatable bonds is 6. The van der Waals surface area contributed by atoms with Crippen molar-refractivity contribution in [2.75, 3.05) is 19.0 Å². The highest BCUT2D eigenvalue weighted by Crippen LogP contribution is 2.24. The first-order chi connectivity index (χ1) is 15.1. The normalized spacial score (nSPS) is 15.7. The molecule has 3 aromatic rings. The van der Waals surface area contributed by atoms with Crippen molar-refractivity contribution in [1.29, 1.82) is 0 Å². The van der Waals surface area contributed by atoms with Crippen molar-refractivity contribution in [1.82, 2.24) is 14.7 Å². The van der Waals surface area contributed by atoms with Crippen molar-refractivity contribution in [3.8, 4) is 5.75 Å². The van der Waals surface area contributed by atoms with Gasteiger partial charge in [-0.25, -0.2) is 0 Å². The smallest absolute Gasteiger partial charge is 0.258 e. The molecule has 0 radical (unpaired) electrons. The molecule has 1 saturated heterocycles. The maximum absolute atomic E-state index is 13.3. The first kappa shape index (κ1) is 20.7. The Kier molecular flexibility index (Phi) is 6.02. The first-order valence-electron chi connectivity index (χ1n) is 10.4. The summed E-state index contributed by atoms with van der Waals surface area (Å²) in [6.07, 6.45) is 3.05. The van der Waals surface area contributed by atoms with E-state index in [0.717, 1.165) is 23.4 Å². The van der Waals surface area contributed by atoms with Gasteiger partial charge in [-0.1, -0.05) is 30.3 Å². The van der Waals surface area contributed by atoms with Gasteiger partial charge in [-0.3, -0.25) is 14.3 Å². The summed E-state index contributed by atoms with van der Waals surface area (Å²) in [5, 5.41) is 7.33. The van der Waals surface area contributed by atoms with Gasteiger partial charge in [-0.2, -0.15) is 5.10 Å². The maximum atomic E-state index is 13.3. The van der Waals surface area contributed by atoms with Crippen molar-refractivity contribution >= 4 is 17.5 Å². The van der Waals surface area contributed by atoms with Crippen molar-refractivity contribution < 1.29 is 14.3 Å². The van der Waals surface area contributed by atoms with Crippen LogP contribution >= 0.6 is 0 Å². The van der Waals surface area contributed by atoms with Crippen LogP contribution in [0, 0.1) is 6.92 Å². The molecule has 7 heteroatoms. The van der Waals surface area contributed by atoms with E-state index >= 15 is 0 Å². The van der Waals surface area contributed by atoms with E-state index in [4.69, 9.17) is 4.74 Å². The van der Waals surface area contributed by atoms with Crippen LogP contribution in [0.4, 0.5) is 5.69 Å². The number of likely N-dealkylation sites (tertiary alicyclic amines) is 1. The molecule has 0 saturated carbocycles. The third kappa shape index (κ3) is 4.45. The van der Waals surface area contributed by atoms with Gasteiger partial charge >= 0.3 is 0 Å². The van der Waals surface area contributed by atoms with E-state index in [9.17, 15) is 9.59 Å². The molecule has 1 atom stereocenters. The molecule has 1 N–H and O–H groups in total. The SMILES string of the molecule is COc1ccc(NC(=O)C2CCCN2C(=O)c2cnn(Cc3ccccc3)c2C)cc1. The number of amides is 2. The molecule has 2 heterocycles. The molecule has 0 spiro atoms. The van der Waals surface area contributed by atoms with Gasteiger partial charge in [-0.05, 0) is 49.6 Å². The second kappa shape index (κ2) is 9.04. The molecule has 7 nitrogen and oxygen atoms in total. The number of nitrogens with one attached hydrogen (secondary N) is 1. The summed E-state index contributed by atoms with van der Waals surface area (Å²) in [5.74, 6) is 0.396. The zero-order valence-corrected chi connectivity index (χ0v) is 17.7. The van der Waals surface area contributed by atoms with E-state index in [2.05, 4.69) is 10.4 Å². The zero-order chi connectivity index (χ0) is 21.8. The third-order valence-corrected chi connectivity index (χ3v) is 5.68. The van der Waals surface area contributed by atoms with Crippen molar-refractivity contribution in [2.24, 2.45) is 0 Å². The largest absolute Gasteiger partial charge is 0.497 e. The topological polar surface area (TPSA) is 76.5 Å². The summed E-state index contributed by atoms with van der Waals surface area (Å²) < 4.78 is 6.97. The molecule has 31 heavy (non-hydrogen) atoms. The van der Waals surface area contributed by atoms with Crippen LogP contribution < -0.4 is 10.1 Å². The molecule has 160 valence electrons. The minimum Gasteiger partial charge on any atom is -0.497 e. The number of carbonyl (C=O) groups excluding carboxylic acids is 2. The number of nitrogens with zero attached hydrogens (tertiary/aromatic N) is 3. The quantitative estimate of drug-likeness (QED) is 0.665. The lowest BCUT2D eigenvalue weighted by Crippen LogP contribution is -2.43. The molecule has 1 aliphatic heterocycles. The van der Waals surface area contributed by atoms with Crippen LogP contribution in [-0.4, -0.2) is 46.2 Å². The number of hydrogen-bond acceptors (Lipinski definition) is 4. The summed E-state index contributed by atoms with van der Waals surface area (Å²) in [7, 11) is 1.60. The second-order valence-electron chi connectivity index (χ2n) is 7.66. The molecular weight excluding hydrogens is 392 g/mol. The van der Waals surface area contributed by atoms with Crippen molar-refractivity contribution in [3.05, 3.63) is 77.6 Å². The predicted molar refractivity (Wildman–Crippen MR) is 118 cm³/mol. The average molecular weight is 418 g/mol. The number of carbonyl (C=O) groups is 2. The van der Waals surface area contributed by atoms with Crippen LogP contribution in [0.1, 0.15) is 34.5 Å². The van der Waals surface area contributed by atoms with Crippen LogP contribution in [0.15, 0.2) is 60.8 Å². The van der Waals surface area contributed by atoms with Gasteiger partial charge in [0.15, 0.2) is 0 Å². The maximum Gasteiger partial charge on any atom is 0.258 e. The van der Waals surface area contributed by atoms with Crippen molar-refractivity contribution in [2.45, 2.75) is 32.4 Å². The number of anilines is 1. The summed E-state index contributed by atoms with van der Waals surface area (Å²) >= 11 is 0. The summed E-state index contributed by atoms with van der Waals surface area (Å²) in [5.41, 5.74) is 3.14. The molecule has 0 aliphatic carbocycles. The Bertz CT molecular complexity index is 1060. The fraction of sp³-hybridized carbons (Fsp3) is 0.292. The Morgan fingerprint density at radius 3 is 2.58 bits per heavy atom. The van der Waals surface area contributed by atoms with Crippen LogP contribution in [0.5, 0.6) is 5.75 Å². The highest BCUT2D eigenvalue weighted by molar-refractivity contribution is 6.02. The lowest BCUT2D eigenvalue weighted by Gasteiger charge is -2.24. The molecular formula is C24H26N4O3. The van der Waals surface area contributed by atoms with Crippen LogP contribution in [0.3, 0.4) is 0 Å². The standard InChI is InChI=1S/C24H26N4O3/c1-17-21(15-25-28(17)16-18-7-4-3-5-8-18)24(30)27-14-6-9-22(27)23(29)26-19-10-12-20(31-2)13-11-19/h3-5,7-8,10-13,15,22H,6,9,14,16H2,1-2H3,(H,26,29). The Morgan fingerprint density at radius 2 is 1.87 bits per heavy atom. The highest BCUT2D eigenvalue weighted by Gasteiger charge is 2.35. The Labute approximate surface area is 181 Å². The van der Waals surface area contributed by atoms with Gasteiger partial charge in [0.05, 0.1) is 25.4 Å². The molecule has 4 rings (SSSR count). The Morgan fingerprint density at radius 1 is 1.13 bits per heavy atom. The van der Waals surface area contributed by atoms with Crippen molar-refractivity contribution in [3.63, 3.8) is 0 Å². The highest BCUT2D eigenvalue weighted by atomic mass is 16.5. The van der Waals surface area contributed by atoms with Crippen LogP contribution in [0.2, 0.25) is 0 Å². The molecule has 1 aromatic heterocycles. The van der Waals surface area contributed by atoms with Gasteiger partial charge in [-0.15, -0.1) is 0 Å². The van der Waals surface area contributed by atoms with E-state index in [1.807, 2.05) is 41.9 Å². The van der Waals surface area contributed by atoms with E-state index in [1.54, 1.807) is 42.5 Å². The summed E-state index contributed by atoms with van der Waals surface area (Å²) in [6, 6.07) is 16.7. The Hall–Kier alpha value is -3.61. The van der Waals surface area contributed by atoms with E-state index in [1.165, 1.54) is 0 Å². The number of aromatic nitrogens is 2. The first-order valence-corrected chi connectivity index (χ1v) is 10.4. The lowest BCUT2D eigenvalue weighted by molar-refractivity contribution is -0.119. The average Bonchev–Trinajstić information content (AvgIpc) is 3.42. The lowest BCUT2D eigenvalue weighted by atomic mass is 10.1. The molecule has 0 bridgehead atoms. The Balaban J connectivity index is 1.46. The van der Waals surface area contributed by atoms with Gasteiger partial charge in [0.2, 0.25) is 5.91 Å². The molecule has 2 aromatic carbocycles. The fourth-order valence-electron chi connectivity index (χ4n) is 3.91. The number of benzene rings is 2. The van der Waals surface area contributed by atoms with Gasteiger partial charge in [0.1, 0.15) is 11.8 Å². The minimum atomic E-state index is -0.494.